The first-order valence-electron chi connectivity index (χ1n) is 5.98. The molecule has 0 spiro atoms. The maximum absolute atomic E-state index is 13.8. The average molecular weight is 282 g/mol. The van der Waals surface area contributed by atoms with Crippen molar-refractivity contribution in [2.75, 3.05) is 6.61 Å². The highest BCUT2D eigenvalue weighted by atomic mass is 19.3. The van der Waals surface area contributed by atoms with E-state index in [1.54, 1.807) is 6.07 Å². The molecule has 0 aliphatic carbocycles. The molecule has 0 fully saturated rings. The number of aliphatic hydroxyl groups is 1. The second-order valence-corrected chi connectivity index (χ2v) is 4.28. The van der Waals surface area contributed by atoms with Crippen LogP contribution in [0.25, 0.3) is 0 Å². The van der Waals surface area contributed by atoms with Gasteiger partial charge in [0.25, 0.3) is 0 Å². The molecule has 0 saturated carbocycles. The molecule has 106 valence electrons. The van der Waals surface area contributed by atoms with Crippen LogP contribution in [0.15, 0.2) is 48.5 Å². The van der Waals surface area contributed by atoms with Gasteiger partial charge in [0.05, 0.1) is 6.61 Å². The van der Waals surface area contributed by atoms with Crippen LogP contribution in [0.2, 0.25) is 0 Å². The van der Waals surface area contributed by atoms with Crippen molar-refractivity contribution in [3.63, 3.8) is 0 Å². The van der Waals surface area contributed by atoms with Gasteiger partial charge in [0.1, 0.15) is 0 Å². The highest BCUT2D eigenvalue weighted by Crippen LogP contribution is 2.29. The van der Waals surface area contributed by atoms with E-state index in [9.17, 15) is 13.2 Å². The molecule has 0 bridgehead atoms. The van der Waals surface area contributed by atoms with Gasteiger partial charge in [-0.3, -0.25) is 0 Å². The Labute approximate surface area is 114 Å². The van der Waals surface area contributed by atoms with Crippen LogP contribution in [0.5, 0.6) is 5.75 Å². The van der Waals surface area contributed by atoms with Gasteiger partial charge in [-0.15, -0.1) is 0 Å². The quantitative estimate of drug-likeness (QED) is 0.909. The van der Waals surface area contributed by atoms with Gasteiger partial charge >= 0.3 is 5.92 Å². The van der Waals surface area contributed by atoms with E-state index in [0.29, 0.717) is 5.56 Å². The van der Waals surface area contributed by atoms with Crippen molar-refractivity contribution in [1.29, 1.82) is 0 Å². The summed E-state index contributed by atoms with van der Waals surface area (Å²) < 4.78 is 46.0. The summed E-state index contributed by atoms with van der Waals surface area (Å²) in [6.45, 7) is -1.27. The summed E-state index contributed by atoms with van der Waals surface area (Å²) in [6.07, 6.45) is 0. The Kier molecular flexibility index (Phi) is 4.29. The van der Waals surface area contributed by atoms with Crippen LogP contribution < -0.4 is 4.74 Å². The summed E-state index contributed by atoms with van der Waals surface area (Å²) in [5.41, 5.74) is 0.164. The van der Waals surface area contributed by atoms with E-state index in [0.717, 1.165) is 6.07 Å². The zero-order valence-corrected chi connectivity index (χ0v) is 10.5. The molecule has 0 amide bonds. The molecule has 0 aliphatic heterocycles. The number of hydrogen-bond acceptors (Lipinski definition) is 2. The largest absolute Gasteiger partial charge is 0.484 e. The van der Waals surface area contributed by atoms with E-state index in [2.05, 4.69) is 0 Å². The van der Waals surface area contributed by atoms with Gasteiger partial charge < -0.3 is 9.84 Å². The van der Waals surface area contributed by atoms with Crippen molar-refractivity contribution in [3.05, 3.63) is 65.5 Å². The molecule has 0 unspecified atom stereocenters. The van der Waals surface area contributed by atoms with Crippen LogP contribution in [0, 0.1) is 5.82 Å². The minimum absolute atomic E-state index is 0.188. The standard InChI is InChI=1S/C15H13F3O2/c16-13-8-11(9-19)6-7-14(13)20-10-15(17,18)12-4-2-1-3-5-12/h1-8,19H,9-10H2. The molecule has 2 nitrogen and oxygen atoms in total. The van der Waals surface area contributed by atoms with Gasteiger partial charge in [0, 0.05) is 5.56 Å². The van der Waals surface area contributed by atoms with E-state index in [4.69, 9.17) is 9.84 Å². The molecule has 0 radical (unpaired) electrons. The third kappa shape index (κ3) is 3.30. The molecule has 0 saturated heterocycles. The summed E-state index contributed by atoms with van der Waals surface area (Å²) in [4.78, 5) is 0. The van der Waals surface area contributed by atoms with Gasteiger partial charge in [-0.2, -0.15) is 8.78 Å². The Balaban J connectivity index is 2.08. The van der Waals surface area contributed by atoms with E-state index in [1.807, 2.05) is 0 Å². The van der Waals surface area contributed by atoms with E-state index in [-0.39, 0.29) is 17.9 Å². The molecule has 0 aromatic heterocycles. The topological polar surface area (TPSA) is 29.5 Å². The van der Waals surface area contributed by atoms with Gasteiger partial charge in [-0.25, -0.2) is 4.39 Å². The summed E-state index contributed by atoms with van der Waals surface area (Å²) in [5, 5.41) is 8.83. The molecule has 20 heavy (non-hydrogen) atoms. The molecule has 2 aromatic rings. The Morgan fingerprint density at radius 2 is 1.75 bits per heavy atom. The number of ether oxygens (including phenoxy) is 1. The average Bonchev–Trinajstić information content (AvgIpc) is 2.47. The zero-order valence-electron chi connectivity index (χ0n) is 10.5. The first kappa shape index (κ1) is 14.4. The Bertz CT molecular complexity index is 571. The molecule has 2 aromatic carbocycles. The third-order valence-corrected chi connectivity index (χ3v) is 2.78. The summed E-state index contributed by atoms with van der Waals surface area (Å²) in [7, 11) is 0. The maximum atomic E-state index is 13.8. The van der Waals surface area contributed by atoms with Gasteiger partial charge in [-0.05, 0) is 17.7 Å². The smallest absolute Gasteiger partial charge is 0.306 e. The Morgan fingerprint density at radius 1 is 1.05 bits per heavy atom. The van der Waals surface area contributed by atoms with Crippen molar-refractivity contribution in [1.82, 2.24) is 0 Å². The van der Waals surface area contributed by atoms with E-state index in [1.165, 1.54) is 36.4 Å². The van der Waals surface area contributed by atoms with Crippen LogP contribution in [0.3, 0.4) is 0 Å². The predicted octanol–water partition coefficient (Wildman–Crippen LogP) is 3.49. The van der Waals surface area contributed by atoms with E-state index >= 15 is 0 Å². The number of benzene rings is 2. The van der Waals surface area contributed by atoms with Crippen LogP contribution in [-0.4, -0.2) is 11.7 Å². The monoisotopic (exact) mass is 282 g/mol. The SMILES string of the molecule is OCc1ccc(OCC(F)(F)c2ccccc2)c(F)c1. The summed E-state index contributed by atoms with van der Waals surface area (Å²) >= 11 is 0. The summed E-state index contributed by atoms with van der Waals surface area (Å²) in [6, 6.07) is 10.9. The van der Waals surface area contributed by atoms with E-state index < -0.39 is 18.3 Å². The van der Waals surface area contributed by atoms with Gasteiger partial charge in [-0.1, -0.05) is 36.4 Å². The molecular weight excluding hydrogens is 269 g/mol. The van der Waals surface area contributed by atoms with Gasteiger partial charge in [0.2, 0.25) is 0 Å². The fourth-order valence-electron chi connectivity index (χ4n) is 1.69. The predicted molar refractivity (Wildman–Crippen MR) is 68.2 cm³/mol. The number of rotatable bonds is 5. The number of aliphatic hydroxyl groups excluding tert-OH is 1. The van der Waals surface area contributed by atoms with Crippen LogP contribution in [0.1, 0.15) is 11.1 Å². The second-order valence-electron chi connectivity index (χ2n) is 4.28. The Morgan fingerprint density at radius 3 is 2.35 bits per heavy atom. The van der Waals surface area contributed by atoms with Crippen molar-refractivity contribution < 1.29 is 23.0 Å². The maximum Gasteiger partial charge on any atom is 0.306 e. The number of halogens is 3. The first-order chi connectivity index (χ1) is 9.53. The van der Waals surface area contributed by atoms with Crippen LogP contribution in [-0.2, 0) is 12.5 Å². The highest BCUT2D eigenvalue weighted by Gasteiger charge is 2.32. The third-order valence-electron chi connectivity index (χ3n) is 2.78. The molecule has 0 atom stereocenters. The highest BCUT2D eigenvalue weighted by molar-refractivity contribution is 5.29. The Hall–Kier alpha value is -2.01. The molecular formula is C15H13F3O2. The molecule has 0 heterocycles. The van der Waals surface area contributed by atoms with Crippen LogP contribution >= 0.6 is 0 Å². The molecule has 1 N–H and O–H groups in total. The summed E-state index contributed by atoms with van der Waals surface area (Å²) in [5.74, 6) is -4.25. The number of alkyl halides is 2. The van der Waals surface area contributed by atoms with Gasteiger partial charge in [0.15, 0.2) is 18.2 Å². The number of hydrogen-bond donors (Lipinski definition) is 1. The van der Waals surface area contributed by atoms with Crippen molar-refractivity contribution in [2.45, 2.75) is 12.5 Å². The lowest BCUT2D eigenvalue weighted by Crippen LogP contribution is -2.23. The molecule has 0 aliphatic rings. The first-order valence-corrected chi connectivity index (χ1v) is 5.98. The second kappa shape index (κ2) is 5.96. The minimum atomic E-state index is -3.21. The fraction of sp³-hybridized carbons (Fsp3) is 0.200. The van der Waals surface area contributed by atoms with Crippen molar-refractivity contribution in [3.8, 4) is 5.75 Å². The lowest BCUT2D eigenvalue weighted by molar-refractivity contribution is -0.0475. The molecule has 2 rings (SSSR count). The normalized spacial score (nSPS) is 11.4. The zero-order chi connectivity index (χ0) is 14.6. The van der Waals surface area contributed by atoms with Crippen molar-refractivity contribution in [2.24, 2.45) is 0 Å². The van der Waals surface area contributed by atoms with Crippen LogP contribution in [0.4, 0.5) is 13.2 Å². The lowest BCUT2D eigenvalue weighted by Gasteiger charge is -2.17. The molecule has 5 heteroatoms. The fourth-order valence-corrected chi connectivity index (χ4v) is 1.69. The van der Waals surface area contributed by atoms with Crippen molar-refractivity contribution >= 4 is 0 Å². The lowest BCUT2D eigenvalue weighted by atomic mass is 10.1. The minimum Gasteiger partial charge on any atom is -0.484 e.